The van der Waals surface area contributed by atoms with Crippen molar-refractivity contribution < 1.29 is 9.90 Å². The molecule has 1 heterocycles. The van der Waals surface area contributed by atoms with Crippen LogP contribution >= 0.6 is 11.6 Å². The Morgan fingerprint density at radius 1 is 1.45 bits per heavy atom. The molecule has 3 N–H and O–H groups in total. The highest BCUT2D eigenvalue weighted by atomic mass is 35.5. The van der Waals surface area contributed by atoms with Gasteiger partial charge in [-0.2, -0.15) is 0 Å². The van der Waals surface area contributed by atoms with Crippen molar-refractivity contribution in [1.82, 2.24) is 14.9 Å². The molecule has 0 radical (unpaired) electrons. The number of rotatable bonds is 6. The lowest BCUT2D eigenvalue weighted by molar-refractivity contribution is 0.0944. The van der Waals surface area contributed by atoms with Gasteiger partial charge in [-0.1, -0.05) is 17.7 Å². The molecule has 1 amide bonds. The van der Waals surface area contributed by atoms with E-state index in [1.165, 1.54) is 0 Å². The van der Waals surface area contributed by atoms with Crippen molar-refractivity contribution in [1.29, 1.82) is 0 Å². The summed E-state index contributed by atoms with van der Waals surface area (Å²) in [7, 11) is 1.85. The zero-order valence-corrected chi connectivity index (χ0v) is 13.3. The molecular weight excluding hydrogens is 304 g/mol. The highest BCUT2D eigenvalue weighted by molar-refractivity contribution is 6.29. The van der Waals surface area contributed by atoms with Crippen molar-refractivity contribution in [3.8, 4) is 0 Å². The third-order valence-electron chi connectivity index (χ3n) is 3.44. The second kappa shape index (κ2) is 7.29. The van der Waals surface area contributed by atoms with E-state index in [1.54, 1.807) is 16.8 Å². The van der Waals surface area contributed by atoms with Gasteiger partial charge in [0.25, 0.3) is 5.91 Å². The van der Waals surface area contributed by atoms with Crippen LogP contribution in [0.5, 0.6) is 0 Å². The van der Waals surface area contributed by atoms with Gasteiger partial charge in [-0.3, -0.25) is 4.79 Å². The Kier molecular flexibility index (Phi) is 5.41. The molecule has 22 heavy (non-hydrogen) atoms. The quantitative estimate of drug-likeness (QED) is 0.756. The zero-order chi connectivity index (χ0) is 16.1. The summed E-state index contributed by atoms with van der Waals surface area (Å²) in [6.45, 7) is 2.54. The van der Waals surface area contributed by atoms with Crippen molar-refractivity contribution >= 4 is 23.2 Å². The summed E-state index contributed by atoms with van der Waals surface area (Å²) in [5.74, 6) is 0.606. The van der Waals surface area contributed by atoms with Gasteiger partial charge in [0.2, 0.25) is 0 Å². The van der Waals surface area contributed by atoms with E-state index in [1.807, 2.05) is 26.1 Å². The summed E-state index contributed by atoms with van der Waals surface area (Å²) in [6.07, 6.45) is 1.60. The van der Waals surface area contributed by atoms with Crippen LogP contribution in [0.25, 0.3) is 0 Å². The molecule has 0 unspecified atom stereocenters. The fourth-order valence-corrected chi connectivity index (χ4v) is 2.25. The molecule has 0 bridgehead atoms. The van der Waals surface area contributed by atoms with Crippen molar-refractivity contribution in [2.45, 2.75) is 13.5 Å². The van der Waals surface area contributed by atoms with Gasteiger partial charge in [-0.05, 0) is 24.6 Å². The van der Waals surface area contributed by atoms with Crippen LogP contribution in [0.4, 0.5) is 5.69 Å². The number of hydrogen-bond acceptors (Lipinski definition) is 4. The first-order valence-electron chi connectivity index (χ1n) is 6.93. The summed E-state index contributed by atoms with van der Waals surface area (Å²) in [5, 5.41) is 15.3. The minimum atomic E-state index is -0.199. The molecule has 0 saturated heterocycles. The summed E-state index contributed by atoms with van der Waals surface area (Å²) < 4.78 is 1.79. The summed E-state index contributed by atoms with van der Waals surface area (Å²) in [5.41, 5.74) is 2.28. The first kappa shape index (κ1) is 16.3. The third kappa shape index (κ3) is 3.58. The maximum atomic E-state index is 12.0. The highest BCUT2D eigenvalue weighted by Gasteiger charge is 2.12. The van der Waals surface area contributed by atoms with Crippen LogP contribution in [0.1, 0.15) is 21.7 Å². The van der Waals surface area contributed by atoms with E-state index in [4.69, 9.17) is 16.7 Å². The van der Waals surface area contributed by atoms with Crippen LogP contribution in [-0.2, 0) is 13.6 Å². The fraction of sp³-hybridized carbons (Fsp3) is 0.333. The minimum absolute atomic E-state index is 0.0807. The standard InChI is InChI=1S/C15H19ClN4O2/c1-10-11(15(22)17-6-7-21)4-3-5-12(10)18-9-14-19-8-13(16)20(14)2/h3-5,8,18,21H,6-7,9H2,1-2H3,(H,17,22). The van der Waals surface area contributed by atoms with Gasteiger partial charge in [0, 0.05) is 24.8 Å². The van der Waals surface area contributed by atoms with Crippen molar-refractivity contribution in [2.75, 3.05) is 18.5 Å². The van der Waals surface area contributed by atoms with Gasteiger partial charge in [0.1, 0.15) is 11.0 Å². The van der Waals surface area contributed by atoms with Crippen LogP contribution in [0.2, 0.25) is 5.15 Å². The van der Waals surface area contributed by atoms with E-state index in [2.05, 4.69) is 15.6 Å². The van der Waals surface area contributed by atoms with Gasteiger partial charge >= 0.3 is 0 Å². The van der Waals surface area contributed by atoms with Crippen LogP contribution in [0.15, 0.2) is 24.4 Å². The number of hydrogen-bond donors (Lipinski definition) is 3. The van der Waals surface area contributed by atoms with Gasteiger partial charge in [-0.25, -0.2) is 4.98 Å². The Hall–Kier alpha value is -2.05. The second-order valence-corrected chi connectivity index (χ2v) is 5.25. The number of nitrogens with zero attached hydrogens (tertiary/aromatic N) is 2. The van der Waals surface area contributed by atoms with Crippen LogP contribution in [-0.4, -0.2) is 33.7 Å². The van der Waals surface area contributed by atoms with Crippen molar-refractivity contribution in [2.24, 2.45) is 7.05 Å². The van der Waals surface area contributed by atoms with E-state index >= 15 is 0 Å². The lowest BCUT2D eigenvalue weighted by atomic mass is 10.1. The number of carbonyl (C=O) groups is 1. The van der Waals surface area contributed by atoms with Gasteiger partial charge in [-0.15, -0.1) is 0 Å². The number of halogens is 1. The molecule has 7 heteroatoms. The molecule has 1 aromatic carbocycles. The second-order valence-electron chi connectivity index (χ2n) is 4.87. The first-order chi connectivity index (χ1) is 10.5. The van der Waals surface area contributed by atoms with Gasteiger partial charge < -0.3 is 20.3 Å². The molecule has 0 aliphatic rings. The number of amides is 1. The van der Waals surface area contributed by atoms with Crippen LogP contribution in [0, 0.1) is 6.92 Å². The molecule has 0 aliphatic carbocycles. The summed E-state index contributed by atoms with van der Waals surface area (Å²) in [4.78, 5) is 16.2. The Labute approximate surface area is 134 Å². The molecule has 1 aromatic heterocycles. The molecule has 0 atom stereocenters. The topological polar surface area (TPSA) is 79.2 Å². The van der Waals surface area contributed by atoms with E-state index in [0.29, 0.717) is 17.3 Å². The third-order valence-corrected chi connectivity index (χ3v) is 3.79. The van der Waals surface area contributed by atoms with Crippen LogP contribution < -0.4 is 10.6 Å². The maximum absolute atomic E-state index is 12.0. The highest BCUT2D eigenvalue weighted by Crippen LogP contribution is 2.20. The fourth-order valence-electron chi connectivity index (χ4n) is 2.10. The average molecular weight is 323 g/mol. The van der Waals surface area contributed by atoms with Gasteiger partial charge in [0.15, 0.2) is 0 Å². The lowest BCUT2D eigenvalue weighted by Gasteiger charge is -2.13. The maximum Gasteiger partial charge on any atom is 0.251 e. The number of aliphatic hydroxyl groups excluding tert-OH is 1. The van der Waals surface area contributed by atoms with E-state index < -0.39 is 0 Å². The zero-order valence-electron chi connectivity index (χ0n) is 12.6. The molecule has 0 aliphatic heterocycles. The lowest BCUT2D eigenvalue weighted by Crippen LogP contribution is -2.27. The predicted octanol–water partition coefficient (Wildman–Crippen LogP) is 1.72. The van der Waals surface area contributed by atoms with Crippen molar-refractivity contribution in [3.05, 3.63) is 46.5 Å². The van der Waals surface area contributed by atoms with E-state index in [9.17, 15) is 4.79 Å². The Morgan fingerprint density at radius 3 is 2.86 bits per heavy atom. The monoisotopic (exact) mass is 322 g/mol. The van der Waals surface area contributed by atoms with Gasteiger partial charge in [0.05, 0.1) is 19.3 Å². The largest absolute Gasteiger partial charge is 0.395 e. The number of nitrogens with one attached hydrogen (secondary N) is 2. The number of aromatic nitrogens is 2. The predicted molar refractivity (Wildman–Crippen MR) is 86.1 cm³/mol. The molecular formula is C15H19ClN4O2. The Balaban J connectivity index is 2.11. The number of carbonyl (C=O) groups excluding carboxylic acids is 1. The molecule has 118 valence electrons. The molecule has 0 fully saturated rings. The number of anilines is 1. The summed E-state index contributed by atoms with van der Waals surface area (Å²) >= 11 is 5.96. The Bertz CT molecular complexity index is 670. The summed E-state index contributed by atoms with van der Waals surface area (Å²) in [6, 6.07) is 5.47. The molecule has 6 nitrogen and oxygen atoms in total. The molecule has 2 rings (SSSR count). The van der Waals surface area contributed by atoms with E-state index in [-0.39, 0.29) is 19.1 Å². The minimum Gasteiger partial charge on any atom is -0.395 e. The number of imidazole rings is 1. The average Bonchev–Trinajstić information content (AvgIpc) is 2.83. The number of aliphatic hydroxyl groups is 1. The molecule has 2 aromatic rings. The Morgan fingerprint density at radius 2 is 2.23 bits per heavy atom. The molecule has 0 saturated carbocycles. The number of benzene rings is 1. The van der Waals surface area contributed by atoms with Crippen molar-refractivity contribution in [3.63, 3.8) is 0 Å². The first-order valence-corrected chi connectivity index (χ1v) is 7.31. The van der Waals surface area contributed by atoms with Crippen LogP contribution in [0.3, 0.4) is 0 Å². The smallest absolute Gasteiger partial charge is 0.251 e. The van der Waals surface area contributed by atoms with E-state index in [0.717, 1.165) is 17.1 Å². The normalized spacial score (nSPS) is 10.5. The molecule has 0 spiro atoms. The SMILES string of the molecule is Cc1c(NCc2ncc(Cl)n2C)cccc1C(=O)NCCO.